The molecule has 2 aromatic rings. The molecule has 0 fully saturated rings. The van der Waals surface area contributed by atoms with Crippen LogP contribution < -0.4 is 11.1 Å². The van der Waals surface area contributed by atoms with Crippen molar-refractivity contribution in [3.63, 3.8) is 0 Å². The van der Waals surface area contributed by atoms with E-state index in [0.717, 1.165) is 0 Å². The Labute approximate surface area is 120 Å². The predicted molar refractivity (Wildman–Crippen MR) is 72.9 cm³/mol. The lowest BCUT2D eigenvalue weighted by Crippen LogP contribution is -2.20. The van der Waals surface area contributed by atoms with E-state index < -0.39 is 5.97 Å². The number of hydrogen-bond donors (Lipinski definition) is 2. The fourth-order valence-electron chi connectivity index (χ4n) is 1.56. The molecule has 2 heterocycles. The number of nitrogens with one attached hydrogen (secondary N) is 1. The molecule has 3 N–H and O–H groups in total. The third-order valence-electron chi connectivity index (χ3n) is 2.56. The van der Waals surface area contributed by atoms with Crippen molar-refractivity contribution in [2.75, 3.05) is 19.4 Å². The van der Waals surface area contributed by atoms with E-state index in [1.165, 1.54) is 24.0 Å². The maximum atomic E-state index is 11.6. The van der Waals surface area contributed by atoms with Gasteiger partial charge in [0, 0.05) is 7.05 Å². The lowest BCUT2D eigenvalue weighted by molar-refractivity contribution is 0.0520. The highest BCUT2D eigenvalue weighted by atomic mass is 16.5. The molecule has 9 heteroatoms. The zero-order chi connectivity index (χ0) is 15.4. The van der Waals surface area contributed by atoms with Gasteiger partial charge in [0.05, 0.1) is 18.5 Å². The first-order chi connectivity index (χ1) is 10.1. The zero-order valence-corrected chi connectivity index (χ0v) is 11.5. The van der Waals surface area contributed by atoms with Crippen molar-refractivity contribution in [2.24, 2.45) is 0 Å². The first-order valence-corrected chi connectivity index (χ1v) is 6.15. The fourth-order valence-corrected chi connectivity index (χ4v) is 1.56. The molecule has 0 atom stereocenters. The number of carbonyl (C=O) groups excluding carboxylic acids is 2. The van der Waals surface area contributed by atoms with Crippen molar-refractivity contribution in [2.45, 2.75) is 6.92 Å². The highest BCUT2D eigenvalue weighted by Crippen LogP contribution is 2.13. The van der Waals surface area contributed by atoms with Gasteiger partial charge in [0.1, 0.15) is 0 Å². The van der Waals surface area contributed by atoms with Crippen molar-refractivity contribution < 1.29 is 14.3 Å². The number of anilines is 1. The number of nitrogens with two attached hydrogens (primary N) is 1. The summed E-state index contributed by atoms with van der Waals surface area (Å²) >= 11 is 0. The van der Waals surface area contributed by atoms with Crippen LogP contribution in [0.1, 0.15) is 27.9 Å². The van der Waals surface area contributed by atoms with Gasteiger partial charge in [0.2, 0.25) is 0 Å². The number of aromatic nitrogens is 4. The molecule has 0 aromatic carbocycles. The molecule has 0 spiro atoms. The van der Waals surface area contributed by atoms with Crippen LogP contribution in [0.3, 0.4) is 0 Å². The molecular weight excluding hydrogens is 276 g/mol. The maximum absolute atomic E-state index is 11.6. The topological polar surface area (TPSA) is 125 Å². The van der Waals surface area contributed by atoms with E-state index in [-0.39, 0.29) is 29.6 Å². The number of ether oxygens (including phenoxy) is 1. The summed E-state index contributed by atoms with van der Waals surface area (Å²) in [6, 6.07) is 3.03. The molecular formula is C12H14N6O3. The summed E-state index contributed by atoms with van der Waals surface area (Å²) in [5.41, 5.74) is 6.07. The molecule has 0 aliphatic heterocycles. The number of hydrogen-bond acceptors (Lipinski definition) is 7. The summed E-state index contributed by atoms with van der Waals surface area (Å²) in [4.78, 5) is 23.0. The van der Waals surface area contributed by atoms with Gasteiger partial charge in [-0.05, 0) is 19.1 Å². The Hall–Kier alpha value is -2.97. The van der Waals surface area contributed by atoms with E-state index in [0.29, 0.717) is 5.82 Å². The average molecular weight is 290 g/mol. The van der Waals surface area contributed by atoms with E-state index in [9.17, 15) is 9.59 Å². The molecule has 0 bridgehead atoms. The largest absolute Gasteiger partial charge is 0.461 e. The summed E-state index contributed by atoms with van der Waals surface area (Å²) in [6.45, 7) is 1.92. The smallest absolute Gasteiger partial charge is 0.361 e. The Kier molecular flexibility index (Phi) is 4.12. The Morgan fingerprint density at radius 2 is 2.14 bits per heavy atom. The van der Waals surface area contributed by atoms with Crippen molar-refractivity contribution >= 4 is 17.6 Å². The first kappa shape index (κ1) is 14.4. The monoisotopic (exact) mass is 290 g/mol. The van der Waals surface area contributed by atoms with Gasteiger partial charge in [-0.1, -0.05) is 0 Å². The Morgan fingerprint density at radius 1 is 1.38 bits per heavy atom. The summed E-state index contributed by atoms with van der Waals surface area (Å²) in [6.07, 6.45) is 1.43. The second kappa shape index (κ2) is 5.99. The summed E-state index contributed by atoms with van der Waals surface area (Å²) < 4.78 is 6.13. The van der Waals surface area contributed by atoms with Crippen molar-refractivity contribution in [1.82, 2.24) is 25.3 Å². The minimum atomic E-state index is -0.608. The third kappa shape index (κ3) is 2.96. The number of nitrogen functional groups attached to an aromatic ring is 1. The van der Waals surface area contributed by atoms with E-state index in [2.05, 4.69) is 20.6 Å². The van der Waals surface area contributed by atoms with Gasteiger partial charge < -0.3 is 15.8 Å². The molecule has 2 aromatic heterocycles. The fraction of sp³-hybridized carbons (Fsp3) is 0.250. The first-order valence-electron chi connectivity index (χ1n) is 6.15. The molecule has 0 saturated heterocycles. The van der Waals surface area contributed by atoms with Crippen LogP contribution in [0.5, 0.6) is 0 Å². The Bertz CT molecular complexity index is 664. The van der Waals surface area contributed by atoms with Crippen LogP contribution in [0.25, 0.3) is 5.82 Å². The lowest BCUT2D eigenvalue weighted by atomic mass is 10.3. The van der Waals surface area contributed by atoms with Gasteiger partial charge in [-0.25, -0.2) is 9.48 Å². The molecule has 0 saturated carbocycles. The van der Waals surface area contributed by atoms with Gasteiger partial charge in [-0.15, -0.1) is 10.2 Å². The molecule has 0 aliphatic carbocycles. The van der Waals surface area contributed by atoms with Gasteiger partial charge >= 0.3 is 5.97 Å². The molecule has 2 rings (SSSR count). The second-order valence-corrected chi connectivity index (χ2v) is 3.95. The Balaban J connectivity index is 2.28. The van der Waals surface area contributed by atoms with E-state index in [1.54, 1.807) is 13.0 Å². The maximum Gasteiger partial charge on any atom is 0.361 e. The minimum absolute atomic E-state index is 0.00836. The van der Waals surface area contributed by atoms with Crippen molar-refractivity contribution in [1.29, 1.82) is 0 Å². The molecule has 110 valence electrons. The van der Waals surface area contributed by atoms with Crippen LogP contribution in [0, 0.1) is 0 Å². The van der Waals surface area contributed by atoms with Gasteiger partial charge in [-0.2, -0.15) is 5.10 Å². The predicted octanol–water partition coefficient (Wildman–Crippen LogP) is -0.219. The van der Waals surface area contributed by atoms with Crippen LogP contribution in [0.2, 0.25) is 0 Å². The van der Waals surface area contributed by atoms with Crippen LogP contribution in [-0.2, 0) is 4.74 Å². The molecule has 0 radical (unpaired) electrons. The molecule has 0 unspecified atom stereocenters. The number of nitrogens with zero attached hydrogens (tertiary/aromatic N) is 4. The summed E-state index contributed by atoms with van der Waals surface area (Å²) in [7, 11) is 1.50. The minimum Gasteiger partial charge on any atom is -0.461 e. The summed E-state index contributed by atoms with van der Waals surface area (Å²) in [5, 5.41) is 14.1. The quantitative estimate of drug-likeness (QED) is 0.745. The molecule has 21 heavy (non-hydrogen) atoms. The third-order valence-corrected chi connectivity index (χ3v) is 2.56. The number of rotatable bonds is 4. The zero-order valence-electron chi connectivity index (χ0n) is 11.5. The molecule has 0 aliphatic rings. The van der Waals surface area contributed by atoms with Crippen LogP contribution in [0.15, 0.2) is 18.3 Å². The number of esters is 1. The highest BCUT2D eigenvalue weighted by molar-refractivity contribution is 5.93. The van der Waals surface area contributed by atoms with Gasteiger partial charge in [-0.3, -0.25) is 4.79 Å². The number of carbonyl (C=O) groups is 2. The van der Waals surface area contributed by atoms with Gasteiger partial charge in [0.25, 0.3) is 5.91 Å². The Morgan fingerprint density at radius 3 is 2.71 bits per heavy atom. The molecule has 9 nitrogen and oxygen atoms in total. The average Bonchev–Trinajstić information content (AvgIpc) is 2.89. The van der Waals surface area contributed by atoms with Crippen LogP contribution in [-0.4, -0.2) is 45.5 Å². The van der Waals surface area contributed by atoms with E-state index >= 15 is 0 Å². The van der Waals surface area contributed by atoms with Crippen molar-refractivity contribution in [3.8, 4) is 5.82 Å². The van der Waals surface area contributed by atoms with E-state index in [1.807, 2.05) is 0 Å². The SMILES string of the molecule is CCOC(=O)c1nn(-c2ccc(C(=O)NC)nn2)cc1N. The van der Waals surface area contributed by atoms with Crippen molar-refractivity contribution in [3.05, 3.63) is 29.7 Å². The normalized spacial score (nSPS) is 10.2. The van der Waals surface area contributed by atoms with Crippen LogP contribution in [0.4, 0.5) is 5.69 Å². The highest BCUT2D eigenvalue weighted by Gasteiger charge is 2.17. The second-order valence-electron chi connectivity index (χ2n) is 3.95. The summed E-state index contributed by atoms with van der Waals surface area (Å²) in [5.74, 6) is -0.630. The van der Waals surface area contributed by atoms with Gasteiger partial charge in [0.15, 0.2) is 17.2 Å². The number of amides is 1. The van der Waals surface area contributed by atoms with E-state index in [4.69, 9.17) is 10.5 Å². The standard InChI is InChI=1S/C12H14N6O3/c1-3-21-12(20)10-7(13)6-18(17-10)9-5-4-8(15-16-9)11(19)14-2/h4-6H,3,13H2,1-2H3,(H,14,19). The van der Waals surface area contributed by atoms with Crippen LogP contribution >= 0.6 is 0 Å². The molecule has 1 amide bonds. The lowest BCUT2D eigenvalue weighted by Gasteiger charge is -2.01.